The van der Waals surface area contributed by atoms with Crippen molar-refractivity contribution in [1.29, 1.82) is 0 Å². The van der Waals surface area contributed by atoms with E-state index < -0.39 is 5.97 Å². The molecule has 2 aromatic rings. The van der Waals surface area contributed by atoms with Crippen molar-refractivity contribution in [3.8, 4) is 11.5 Å². The molecule has 0 atom stereocenters. The van der Waals surface area contributed by atoms with E-state index in [-0.39, 0.29) is 11.4 Å². The van der Waals surface area contributed by atoms with Crippen LogP contribution in [0.4, 0.5) is 0 Å². The van der Waals surface area contributed by atoms with Gasteiger partial charge < -0.3 is 14.6 Å². The van der Waals surface area contributed by atoms with Gasteiger partial charge in [0.25, 0.3) is 0 Å². The Hall–Kier alpha value is -2.50. The normalized spacial score (nSPS) is 10.2. The van der Waals surface area contributed by atoms with E-state index in [0.717, 1.165) is 11.3 Å². The van der Waals surface area contributed by atoms with Crippen LogP contribution in [-0.2, 0) is 6.54 Å². The molecule has 0 spiro atoms. The zero-order valence-corrected chi connectivity index (χ0v) is 10.7. The van der Waals surface area contributed by atoms with Crippen molar-refractivity contribution in [3.05, 3.63) is 41.7 Å². The van der Waals surface area contributed by atoms with Gasteiger partial charge in [-0.3, -0.25) is 4.68 Å². The largest absolute Gasteiger partial charge is 0.497 e. The zero-order chi connectivity index (χ0) is 13.8. The van der Waals surface area contributed by atoms with E-state index in [1.165, 1.54) is 18.0 Å². The van der Waals surface area contributed by atoms with Crippen LogP contribution in [0.25, 0.3) is 0 Å². The van der Waals surface area contributed by atoms with Gasteiger partial charge >= 0.3 is 5.97 Å². The number of hydrogen-bond donors (Lipinski definition) is 1. The van der Waals surface area contributed by atoms with E-state index in [9.17, 15) is 4.79 Å². The van der Waals surface area contributed by atoms with Crippen LogP contribution in [0.3, 0.4) is 0 Å². The predicted octanol–water partition coefficient (Wildman–Crippen LogP) is 1.65. The summed E-state index contributed by atoms with van der Waals surface area (Å²) in [5.74, 6) is -0.0656. The molecule has 0 aliphatic carbocycles. The van der Waals surface area contributed by atoms with Gasteiger partial charge in [0, 0.05) is 0 Å². The second-order valence-corrected chi connectivity index (χ2v) is 3.87. The third-order valence-corrected chi connectivity index (χ3v) is 2.72. The zero-order valence-electron chi connectivity index (χ0n) is 10.7. The monoisotopic (exact) mass is 262 g/mol. The van der Waals surface area contributed by atoms with Crippen molar-refractivity contribution < 1.29 is 19.4 Å². The maximum Gasteiger partial charge on any atom is 0.358 e. The average molecular weight is 262 g/mol. The Morgan fingerprint density at radius 2 is 1.95 bits per heavy atom. The molecule has 100 valence electrons. The van der Waals surface area contributed by atoms with Gasteiger partial charge in [-0.05, 0) is 17.7 Å². The van der Waals surface area contributed by atoms with Crippen molar-refractivity contribution in [2.24, 2.45) is 0 Å². The molecule has 0 bridgehead atoms. The lowest BCUT2D eigenvalue weighted by Crippen LogP contribution is -2.11. The Bertz CT molecular complexity index is 575. The Kier molecular flexibility index (Phi) is 3.70. The summed E-state index contributed by atoms with van der Waals surface area (Å²) >= 11 is 0. The van der Waals surface area contributed by atoms with Crippen LogP contribution in [-0.4, -0.2) is 35.1 Å². The first kappa shape index (κ1) is 12.9. The van der Waals surface area contributed by atoms with E-state index in [1.54, 1.807) is 7.11 Å². The minimum Gasteiger partial charge on any atom is -0.497 e. The number of carboxylic acid groups (broad SMARTS) is 1. The van der Waals surface area contributed by atoms with Gasteiger partial charge in [0.2, 0.25) is 0 Å². The number of hydrogen-bond acceptors (Lipinski definition) is 4. The molecule has 19 heavy (non-hydrogen) atoms. The Balaban J connectivity index is 2.27. The summed E-state index contributed by atoms with van der Waals surface area (Å²) in [6, 6.07) is 7.35. The standard InChI is InChI=1S/C13H14N2O4/c1-18-10-5-3-9(4-6-10)8-15-12(13(16)17)11(19-2)7-14-15/h3-7H,8H2,1-2H3,(H,16,17). The van der Waals surface area contributed by atoms with Crippen molar-refractivity contribution in [3.63, 3.8) is 0 Å². The molecule has 0 aliphatic heterocycles. The Morgan fingerprint density at radius 3 is 2.47 bits per heavy atom. The summed E-state index contributed by atoms with van der Waals surface area (Å²) in [5.41, 5.74) is 0.965. The molecule has 0 radical (unpaired) electrons. The van der Waals surface area contributed by atoms with Gasteiger partial charge in [-0.2, -0.15) is 5.10 Å². The predicted molar refractivity (Wildman–Crippen MR) is 67.8 cm³/mol. The highest BCUT2D eigenvalue weighted by molar-refractivity contribution is 5.88. The van der Waals surface area contributed by atoms with Crippen LogP contribution in [0.5, 0.6) is 11.5 Å². The van der Waals surface area contributed by atoms with E-state index >= 15 is 0 Å². The topological polar surface area (TPSA) is 73.6 Å². The first-order valence-corrected chi connectivity index (χ1v) is 5.61. The number of carbonyl (C=O) groups is 1. The van der Waals surface area contributed by atoms with E-state index in [0.29, 0.717) is 6.54 Å². The number of ether oxygens (including phenoxy) is 2. The first-order valence-electron chi connectivity index (χ1n) is 5.61. The molecule has 0 saturated heterocycles. The van der Waals surface area contributed by atoms with Gasteiger partial charge in [-0.15, -0.1) is 0 Å². The summed E-state index contributed by atoms with van der Waals surface area (Å²) in [7, 11) is 3.01. The summed E-state index contributed by atoms with van der Waals surface area (Å²) in [4.78, 5) is 11.2. The third-order valence-electron chi connectivity index (χ3n) is 2.72. The number of rotatable bonds is 5. The molecule has 6 nitrogen and oxygen atoms in total. The van der Waals surface area contributed by atoms with E-state index in [1.807, 2.05) is 24.3 Å². The molecule has 1 heterocycles. The molecule has 0 saturated carbocycles. The molecule has 2 rings (SSSR count). The lowest BCUT2D eigenvalue weighted by atomic mass is 10.2. The summed E-state index contributed by atoms with van der Waals surface area (Å²) in [6.07, 6.45) is 1.40. The average Bonchev–Trinajstić information content (AvgIpc) is 2.82. The molecule has 0 aliphatic rings. The number of aromatic carboxylic acids is 1. The van der Waals surface area contributed by atoms with Crippen LogP contribution < -0.4 is 9.47 Å². The highest BCUT2D eigenvalue weighted by Crippen LogP contribution is 2.19. The summed E-state index contributed by atoms with van der Waals surface area (Å²) in [5, 5.41) is 13.2. The van der Waals surface area contributed by atoms with E-state index in [4.69, 9.17) is 14.6 Å². The first-order chi connectivity index (χ1) is 9.15. The number of carboxylic acids is 1. The van der Waals surface area contributed by atoms with Gasteiger partial charge in [-0.25, -0.2) is 4.79 Å². The fourth-order valence-electron chi connectivity index (χ4n) is 1.76. The molecular formula is C13H14N2O4. The number of aromatic nitrogens is 2. The summed E-state index contributed by atoms with van der Waals surface area (Å²) in [6.45, 7) is 0.356. The van der Waals surface area contributed by atoms with Gasteiger partial charge in [0.1, 0.15) is 5.75 Å². The molecule has 0 fully saturated rings. The molecular weight excluding hydrogens is 248 g/mol. The maximum atomic E-state index is 11.2. The van der Waals surface area contributed by atoms with Crippen molar-refractivity contribution in [2.75, 3.05) is 14.2 Å². The summed E-state index contributed by atoms with van der Waals surface area (Å²) < 4.78 is 11.4. The fourth-order valence-corrected chi connectivity index (χ4v) is 1.76. The number of benzene rings is 1. The van der Waals surface area contributed by atoms with Gasteiger partial charge in [0.05, 0.1) is 27.0 Å². The van der Waals surface area contributed by atoms with Crippen LogP contribution in [0, 0.1) is 0 Å². The van der Waals surface area contributed by atoms with Gasteiger partial charge in [-0.1, -0.05) is 12.1 Å². The van der Waals surface area contributed by atoms with Crippen LogP contribution in [0.1, 0.15) is 16.1 Å². The van der Waals surface area contributed by atoms with Crippen LogP contribution in [0.2, 0.25) is 0 Å². The van der Waals surface area contributed by atoms with Crippen molar-refractivity contribution in [1.82, 2.24) is 9.78 Å². The maximum absolute atomic E-state index is 11.2. The molecule has 0 unspecified atom stereocenters. The highest BCUT2D eigenvalue weighted by Gasteiger charge is 2.18. The highest BCUT2D eigenvalue weighted by atomic mass is 16.5. The smallest absolute Gasteiger partial charge is 0.358 e. The molecule has 1 N–H and O–H groups in total. The minimum absolute atomic E-state index is 0.0401. The number of nitrogens with zero attached hydrogens (tertiary/aromatic N) is 2. The van der Waals surface area contributed by atoms with Crippen LogP contribution in [0.15, 0.2) is 30.5 Å². The molecule has 1 aromatic carbocycles. The van der Waals surface area contributed by atoms with Crippen molar-refractivity contribution in [2.45, 2.75) is 6.54 Å². The van der Waals surface area contributed by atoms with Crippen molar-refractivity contribution >= 4 is 5.97 Å². The molecule has 6 heteroatoms. The Labute approximate surface area is 110 Å². The fraction of sp³-hybridized carbons (Fsp3) is 0.231. The molecule has 1 aromatic heterocycles. The quantitative estimate of drug-likeness (QED) is 0.886. The Morgan fingerprint density at radius 1 is 1.26 bits per heavy atom. The van der Waals surface area contributed by atoms with Crippen LogP contribution >= 0.6 is 0 Å². The lowest BCUT2D eigenvalue weighted by molar-refractivity contribution is 0.0680. The van der Waals surface area contributed by atoms with Gasteiger partial charge in [0.15, 0.2) is 11.4 Å². The molecule has 0 amide bonds. The number of methoxy groups -OCH3 is 2. The second-order valence-electron chi connectivity index (χ2n) is 3.87. The SMILES string of the molecule is COc1ccc(Cn2ncc(OC)c2C(=O)O)cc1. The third kappa shape index (κ3) is 2.67. The van der Waals surface area contributed by atoms with E-state index in [2.05, 4.69) is 5.10 Å². The minimum atomic E-state index is -1.07. The lowest BCUT2D eigenvalue weighted by Gasteiger charge is -2.06. The second kappa shape index (κ2) is 5.43.